The summed E-state index contributed by atoms with van der Waals surface area (Å²) in [5.74, 6) is 1.25. The fraction of sp³-hybridized carbons (Fsp3) is 0.267. The molecule has 5 heteroatoms. The Bertz CT molecular complexity index is 537. The van der Waals surface area contributed by atoms with Gasteiger partial charge in [0.1, 0.15) is 11.5 Å². The molecule has 0 aliphatic rings. The van der Waals surface area contributed by atoms with E-state index >= 15 is 0 Å². The second kappa shape index (κ2) is 7.14. The summed E-state index contributed by atoms with van der Waals surface area (Å²) in [6.45, 7) is 2.28. The third-order valence-electron chi connectivity index (χ3n) is 2.77. The van der Waals surface area contributed by atoms with Gasteiger partial charge in [0, 0.05) is 4.47 Å². The lowest BCUT2D eigenvalue weighted by atomic mass is 10.2. The zero-order valence-electron chi connectivity index (χ0n) is 11.1. The van der Waals surface area contributed by atoms with Gasteiger partial charge in [0.05, 0.1) is 12.8 Å². The number of furan rings is 1. The van der Waals surface area contributed by atoms with Gasteiger partial charge < -0.3 is 14.5 Å². The van der Waals surface area contributed by atoms with E-state index in [1.165, 1.54) is 0 Å². The van der Waals surface area contributed by atoms with Crippen LogP contribution in [-0.2, 0) is 11.3 Å². The van der Waals surface area contributed by atoms with Gasteiger partial charge in [-0.3, -0.25) is 4.79 Å². The molecule has 0 bridgehead atoms. The number of carbonyl (C=O) groups is 1. The Morgan fingerprint density at radius 2 is 2.10 bits per heavy atom. The first-order valence-electron chi connectivity index (χ1n) is 6.41. The lowest BCUT2D eigenvalue weighted by molar-refractivity contribution is -0.128. The molecule has 1 aromatic heterocycles. The van der Waals surface area contributed by atoms with Crippen LogP contribution in [-0.4, -0.2) is 12.0 Å². The minimum absolute atomic E-state index is 0.146. The van der Waals surface area contributed by atoms with Gasteiger partial charge in [-0.15, -0.1) is 0 Å². The van der Waals surface area contributed by atoms with Gasteiger partial charge in [0.2, 0.25) is 0 Å². The average molecular weight is 338 g/mol. The number of rotatable bonds is 6. The van der Waals surface area contributed by atoms with E-state index in [0.717, 1.165) is 10.2 Å². The molecule has 4 nitrogen and oxygen atoms in total. The van der Waals surface area contributed by atoms with Crippen molar-refractivity contribution in [1.82, 2.24) is 5.32 Å². The molecule has 0 fully saturated rings. The maximum atomic E-state index is 12.1. The van der Waals surface area contributed by atoms with Crippen LogP contribution in [0, 0.1) is 0 Å². The Labute approximate surface area is 126 Å². The topological polar surface area (TPSA) is 51.5 Å². The lowest BCUT2D eigenvalue weighted by Crippen LogP contribution is -2.37. The third kappa shape index (κ3) is 4.13. The molecule has 0 aliphatic carbocycles. The molecule has 0 saturated carbocycles. The molecule has 0 aliphatic heterocycles. The first-order valence-corrected chi connectivity index (χ1v) is 7.20. The quantitative estimate of drug-likeness (QED) is 0.877. The summed E-state index contributed by atoms with van der Waals surface area (Å²) in [6.07, 6.45) is 1.67. The van der Waals surface area contributed by atoms with Crippen molar-refractivity contribution in [3.05, 3.63) is 52.9 Å². The van der Waals surface area contributed by atoms with Crippen molar-refractivity contribution in [3.8, 4) is 5.75 Å². The van der Waals surface area contributed by atoms with E-state index < -0.39 is 6.10 Å². The van der Waals surface area contributed by atoms with Crippen LogP contribution in [0.15, 0.2) is 51.6 Å². The summed E-state index contributed by atoms with van der Waals surface area (Å²) in [5.41, 5.74) is 0. The van der Waals surface area contributed by atoms with Crippen molar-refractivity contribution >= 4 is 21.8 Å². The molecule has 1 unspecified atom stereocenters. The van der Waals surface area contributed by atoms with Crippen LogP contribution in [0.2, 0.25) is 0 Å². The Morgan fingerprint density at radius 3 is 2.70 bits per heavy atom. The van der Waals surface area contributed by atoms with Crippen molar-refractivity contribution in [2.45, 2.75) is 26.0 Å². The number of hydrogen-bond donors (Lipinski definition) is 1. The molecule has 0 saturated heterocycles. The summed E-state index contributed by atoms with van der Waals surface area (Å²) in [4.78, 5) is 12.1. The van der Waals surface area contributed by atoms with Gasteiger partial charge >= 0.3 is 0 Å². The molecule has 2 aromatic rings. The largest absolute Gasteiger partial charge is 0.481 e. The van der Waals surface area contributed by atoms with E-state index in [0.29, 0.717) is 18.7 Å². The first-order chi connectivity index (χ1) is 9.69. The smallest absolute Gasteiger partial charge is 0.261 e. The minimum Gasteiger partial charge on any atom is -0.481 e. The molecule has 0 spiro atoms. The van der Waals surface area contributed by atoms with E-state index in [2.05, 4.69) is 21.2 Å². The minimum atomic E-state index is -0.508. The third-order valence-corrected chi connectivity index (χ3v) is 3.30. The number of nitrogens with one attached hydrogen (secondary N) is 1. The Hall–Kier alpha value is -1.75. The van der Waals surface area contributed by atoms with Crippen LogP contribution in [0.3, 0.4) is 0 Å². The number of benzene rings is 1. The van der Waals surface area contributed by atoms with Gasteiger partial charge in [0.25, 0.3) is 5.91 Å². The summed E-state index contributed by atoms with van der Waals surface area (Å²) in [7, 11) is 0. The van der Waals surface area contributed by atoms with E-state index in [-0.39, 0.29) is 5.91 Å². The highest BCUT2D eigenvalue weighted by Gasteiger charge is 2.18. The highest BCUT2D eigenvalue weighted by molar-refractivity contribution is 9.10. The van der Waals surface area contributed by atoms with Crippen molar-refractivity contribution < 1.29 is 13.9 Å². The molecule has 106 valence electrons. The van der Waals surface area contributed by atoms with Crippen LogP contribution in [0.1, 0.15) is 19.1 Å². The Morgan fingerprint density at radius 1 is 1.35 bits per heavy atom. The Kier molecular flexibility index (Phi) is 5.24. The zero-order chi connectivity index (χ0) is 14.4. The van der Waals surface area contributed by atoms with E-state index in [9.17, 15) is 4.79 Å². The predicted octanol–water partition coefficient (Wildman–Crippen LogP) is 3.52. The molecule has 1 amide bonds. The van der Waals surface area contributed by atoms with Crippen molar-refractivity contribution in [2.24, 2.45) is 0 Å². The highest BCUT2D eigenvalue weighted by atomic mass is 79.9. The zero-order valence-corrected chi connectivity index (χ0v) is 12.7. The lowest BCUT2D eigenvalue weighted by Gasteiger charge is -2.17. The number of halogens is 1. The molecule has 20 heavy (non-hydrogen) atoms. The average Bonchev–Trinajstić information content (AvgIpc) is 2.97. The van der Waals surface area contributed by atoms with Crippen LogP contribution >= 0.6 is 15.9 Å². The first kappa shape index (κ1) is 14.7. The molecule has 2 rings (SSSR count). The molecule has 1 atom stereocenters. The Balaban J connectivity index is 1.90. The van der Waals surface area contributed by atoms with Crippen molar-refractivity contribution in [3.63, 3.8) is 0 Å². The summed E-state index contributed by atoms with van der Waals surface area (Å²) < 4.78 is 11.8. The maximum Gasteiger partial charge on any atom is 0.261 e. The fourth-order valence-electron chi connectivity index (χ4n) is 1.70. The van der Waals surface area contributed by atoms with E-state index in [1.54, 1.807) is 12.3 Å². The van der Waals surface area contributed by atoms with E-state index in [4.69, 9.17) is 9.15 Å². The number of ether oxygens (including phenoxy) is 1. The number of amides is 1. The second-order valence-electron chi connectivity index (χ2n) is 4.27. The molecule has 1 heterocycles. The van der Waals surface area contributed by atoms with Crippen LogP contribution in [0.4, 0.5) is 0 Å². The van der Waals surface area contributed by atoms with Crippen LogP contribution < -0.4 is 10.1 Å². The van der Waals surface area contributed by atoms with Gasteiger partial charge in [-0.1, -0.05) is 22.9 Å². The maximum absolute atomic E-state index is 12.1. The standard InChI is InChI=1S/C15H16BrNO3/c1-2-14(20-12-7-5-11(16)6-8-12)15(18)17-10-13-4-3-9-19-13/h3-9,14H,2,10H2,1H3,(H,17,18). The SMILES string of the molecule is CCC(Oc1ccc(Br)cc1)C(=O)NCc1ccco1. The van der Waals surface area contributed by atoms with Gasteiger partial charge in [-0.2, -0.15) is 0 Å². The molecule has 1 aromatic carbocycles. The number of hydrogen-bond acceptors (Lipinski definition) is 3. The summed E-state index contributed by atoms with van der Waals surface area (Å²) >= 11 is 3.36. The summed E-state index contributed by atoms with van der Waals surface area (Å²) in [5, 5.41) is 2.80. The van der Waals surface area contributed by atoms with Gasteiger partial charge in [-0.05, 0) is 42.8 Å². The van der Waals surface area contributed by atoms with E-state index in [1.807, 2.05) is 37.3 Å². The summed E-state index contributed by atoms with van der Waals surface area (Å²) in [6, 6.07) is 11.0. The number of carbonyl (C=O) groups excluding carboxylic acids is 1. The molecular weight excluding hydrogens is 322 g/mol. The van der Waals surface area contributed by atoms with Gasteiger partial charge in [0.15, 0.2) is 6.10 Å². The highest BCUT2D eigenvalue weighted by Crippen LogP contribution is 2.18. The molecule has 0 radical (unpaired) electrons. The monoisotopic (exact) mass is 337 g/mol. The molecule has 1 N–H and O–H groups in total. The van der Waals surface area contributed by atoms with Crippen LogP contribution in [0.5, 0.6) is 5.75 Å². The van der Waals surface area contributed by atoms with Gasteiger partial charge in [-0.25, -0.2) is 0 Å². The molecular formula is C15H16BrNO3. The van der Waals surface area contributed by atoms with Crippen molar-refractivity contribution in [2.75, 3.05) is 0 Å². The second-order valence-corrected chi connectivity index (χ2v) is 5.18. The normalized spacial score (nSPS) is 11.9. The van der Waals surface area contributed by atoms with Crippen LogP contribution in [0.25, 0.3) is 0 Å². The fourth-order valence-corrected chi connectivity index (χ4v) is 1.97. The van der Waals surface area contributed by atoms with Crippen molar-refractivity contribution in [1.29, 1.82) is 0 Å². The predicted molar refractivity (Wildman–Crippen MR) is 79.4 cm³/mol.